The number of urea groups is 1. The Kier molecular flexibility index (Phi) is 6.22. The first-order chi connectivity index (χ1) is 8.63. The summed E-state index contributed by atoms with van der Waals surface area (Å²) in [5.74, 6) is 0. The number of hydrogen-bond donors (Lipinski definition) is 3. The lowest BCUT2D eigenvalue weighted by atomic mass is 10.1. The van der Waals surface area contributed by atoms with Crippen molar-refractivity contribution < 1.29 is 9.90 Å². The van der Waals surface area contributed by atoms with Gasteiger partial charge in [-0.05, 0) is 56.4 Å². The van der Waals surface area contributed by atoms with Gasteiger partial charge in [-0.25, -0.2) is 4.79 Å². The molecule has 0 heterocycles. The first kappa shape index (κ1) is 14.5. The summed E-state index contributed by atoms with van der Waals surface area (Å²) in [4.78, 5) is 11.6. The van der Waals surface area contributed by atoms with Crippen LogP contribution in [0.25, 0.3) is 0 Å². The fourth-order valence-corrected chi connectivity index (χ4v) is 1.61. The average Bonchev–Trinajstić information content (AvgIpc) is 2.34. The minimum Gasteiger partial charge on any atom is -0.396 e. The number of amides is 2. The molecule has 0 fully saturated rings. The van der Waals surface area contributed by atoms with Crippen LogP contribution in [0.3, 0.4) is 0 Å². The summed E-state index contributed by atoms with van der Waals surface area (Å²) >= 11 is 0. The zero-order chi connectivity index (χ0) is 13.4. The van der Waals surface area contributed by atoms with Crippen molar-refractivity contribution in [3.05, 3.63) is 29.3 Å². The molecule has 0 aliphatic rings. The number of unbranched alkanes of at least 4 members (excludes halogenated alkanes) is 2. The highest BCUT2D eigenvalue weighted by Gasteiger charge is 2.01. The fourth-order valence-electron chi connectivity index (χ4n) is 1.61. The summed E-state index contributed by atoms with van der Waals surface area (Å²) in [6.45, 7) is 4.92. The molecule has 0 unspecified atom stereocenters. The molecule has 0 spiro atoms. The van der Waals surface area contributed by atoms with Crippen molar-refractivity contribution in [1.82, 2.24) is 5.32 Å². The molecule has 0 aliphatic heterocycles. The van der Waals surface area contributed by atoms with Crippen LogP contribution in [0.1, 0.15) is 30.4 Å². The predicted octanol–water partition coefficient (Wildman–Crippen LogP) is 2.59. The summed E-state index contributed by atoms with van der Waals surface area (Å²) in [5.41, 5.74) is 3.19. The Balaban J connectivity index is 2.29. The zero-order valence-electron chi connectivity index (χ0n) is 11.1. The van der Waals surface area contributed by atoms with Gasteiger partial charge in [0.05, 0.1) is 0 Å². The second kappa shape index (κ2) is 7.71. The minimum atomic E-state index is -0.178. The van der Waals surface area contributed by atoms with Gasteiger partial charge in [-0.2, -0.15) is 0 Å². The Morgan fingerprint density at radius 1 is 1.17 bits per heavy atom. The van der Waals surface area contributed by atoms with E-state index in [1.165, 1.54) is 5.56 Å². The van der Waals surface area contributed by atoms with Crippen LogP contribution in [0.2, 0.25) is 0 Å². The first-order valence-electron chi connectivity index (χ1n) is 6.36. The Bertz CT molecular complexity index is 391. The highest BCUT2D eigenvalue weighted by atomic mass is 16.2. The van der Waals surface area contributed by atoms with E-state index in [9.17, 15) is 4.79 Å². The predicted molar refractivity (Wildman–Crippen MR) is 73.9 cm³/mol. The summed E-state index contributed by atoms with van der Waals surface area (Å²) in [6.07, 6.45) is 2.61. The van der Waals surface area contributed by atoms with Crippen molar-refractivity contribution in [3.8, 4) is 0 Å². The Hall–Kier alpha value is -1.55. The van der Waals surface area contributed by atoms with E-state index in [-0.39, 0.29) is 12.6 Å². The zero-order valence-corrected chi connectivity index (χ0v) is 11.1. The van der Waals surface area contributed by atoms with Crippen LogP contribution in [0, 0.1) is 13.8 Å². The van der Waals surface area contributed by atoms with Crippen LogP contribution >= 0.6 is 0 Å². The molecule has 0 atom stereocenters. The van der Waals surface area contributed by atoms with Gasteiger partial charge in [0, 0.05) is 18.8 Å². The summed E-state index contributed by atoms with van der Waals surface area (Å²) in [6, 6.07) is 5.67. The maximum atomic E-state index is 11.6. The number of aliphatic hydroxyl groups is 1. The maximum Gasteiger partial charge on any atom is 0.319 e. The van der Waals surface area contributed by atoms with Gasteiger partial charge in [0.15, 0.2) is 0 Å². The second-order valence-corrected chi connectivity index (χ2v) is 4.46. The largest absolute Gasteiger partial charge is 0.396 e. The quantitative estimate of drug-likeness (QED) is 0.680. The van der Waals surface area contributed by atoms with Crippen molar-refractivity contribution in [2.24, 2.45) is 0 Å². The lowest BCUT2D eigenvalue weighted by molar-refractivity contribution is 0.251. The van der Waals surface area contributed by atoms with Gasteiger partial charge in [0.1, 0.15) is 0 Å². The molecule has 3 N–H and O–H groups in total. The normalized spacial score (nSPS) is 10.2. The number of aryl methyl sites for hydroxylation is 2. The number of hydrogen-bond acceptors (Lipinski definition) is 2. The summed E-state index contributed by atoms with van der Waals surface area (Å²) in [7, 11) is 0. The van der Waals surface area contributed by atoms with E-state index in [1.54, 1.807) is 0 Å². The van der Waals surface area contributed by atoms with Crippen molar-refractivity contribution in [3.63, 3.8) is 0 Å². The second-order valence-electron chi connectivity index (χ2n) is 4.46. The molecule has 18 heavy (non-hydrogen) atoms. The molecule has 4 nitrogen and oxygen atoms in total. The lowest BCUT2D eigenvalue weighted by Crippen LogP contribution is -2.29. The van der Waals surface area contributed by atoms with Crippen molar-refractivity contribution in [2.75, 3.05) is 18.5 Å². The number of anilines is 1. The lowest BCUT2D eigenvalue weighted by Gasteiger charge is -2.09. The third kappa shape index (κ3) is 5.19. The molecule has 2 amide bonds. The van der Waals surface area contributed by atoms with E-state index < -0.39 is 0 Å². The Morgan fingerprint density at radius 2 is 1.94 bits per heavy atom. The number of benzene rings is 1. The molecule has 1 aromatic rings. The highest BCUT2D eigenvalue weighted by molar-refractivity contribution is 5.89. The third-order valence-corrected chi connectivity index (χ3v) is 2.89. The smallest absolute Gasteiger partial charge is 0.319 e. The van der Waals surface area contributed by atoms with Crippen LogP contribution in [-0.2, 0) is 0 Å². The van der Waals surface area contributed by atoms with E-state index in [0.717, 1.165) is 30.5 Å². The Labute approximate surface area is 108 Å². The van der Waals surface area contributed by atoms with E-state index >= 15 is 0 Å². The van der Waals surface area contributed by atoms with Crippen LogP contribution < -0.4 is 10.6 Å². The van der Waals surface area contributed by atoms with Gasteiger partial charge >= 0.3 is 6.03 Å². The average molecular weight is 250 g/mol. The molecule has 0 aromatic heterocycles. The molecule has 1 rings (SSSR count). The summed E-state index contributed by atoms with van der Waals surface area (Å²) in [5, 5.41) is 14.2. The van der Waals surface area contributed by atoms with Gasteiger partial charge in [-0.1, -0.05) is 6.07 Å². The molecular weight excluding hydrogens is 228 g/mol. The first-order valence-corrected chi connectivity index (χ1v) is 6.36. The Morgan fingerprint density at radius 3 is 2.61 bits per heavy atom. The number of rotatable bonds is 6. The fraction of sp³-hybridized carbons (Fsp3) is 0.500. The molecule has 0 aliphatic carbocycles. The topological polar surface area (TPSA) is 61.4 Å². The van der Waals surface area contributed by atoms with E-state index in [4.69, 9.17) is 5.11 Å². The van der Waals surface area contributed by atoms with E-state index in [2.05, 4.69) is 10.6 Å². The van der Waals surface area contributed by atoms with Gasteiger partial charge in [-0.3, -0.25) is 0 Å². The molecular formula is C14H22N2O2. The maximum absolute atomic E-state index is 11.6. The van der Waals surface area contributed by atoms with Crippen molar-refractivity contribution >= 4 is 11.7 Å². The number of nitrogens with one attached hydrogen (secondary N) is 2. The van der Waals surface area contributed by atoms with Crippen molar-refractivity contribution in [2.45, 2.75) is 33.1 Å². The number of aliphatic hydroxyl groups excluding tert-OH is 1. The van der Waals surface area contributed by atoms with Gasteiger partial charge < -0.3 is 15.7 Å². The van der Waals surface area contributed by atoms with Crippen LogP contribution in [0.4, 0.5) is 10.5 Å². The highest BCUT2D eigenvalue weighted by Crippen LogP contribution is 2.13. The van der Waals surface area contributed by atoms with Gasteiger partial charge in [-0.15, -0.1) is 0 Å². The van der Waals surface area contributed by atoms with Crippen molar-refractivity contribution in [1.29, 1.82) is 0 Å². The van der Waals surface area contributed by atoms with Crippen LogP contribution in [0.5, 0.6) is 0 Å². The molecule has 100 valence electrons. The van der Waals surface area contributed by atoms with Gasteiger partial charge in [0.2, 0.25) is 0 Å². The number of carbonyl (C=O) groups excluding carboxylic acids is 1. The molecule has 0 saturated carbocycles. The van der Waals surface area contributed by atoms with E-state index in [0.29, 0.717) is 6.54 Å². The molecule has 0 radical (unpaired) electrons. The molecule has 0 saturated heterocycles. The monoisotopic (exact) mass is 250 g/mol. The van der Waals surface area contributed by atoms with Crippen LogP contribution in [0.15, 0.2) is 18.2 Å². The number of carbonyl (C=O) groups is 1. The molecule has 4 heteroatoms. The molecule has 1 aromatic carbocycles. The SMILES string of the molecule is Cc1ccc(NC(=O)NCCCCCO)cc1C. The van der Waals surface area contributed by atoms with E-state index in [1.807, 2.05) is 32.0 Å². The summed E-state index contributed by atoms with van der Waals surface area (Å²) < 4.78 is 0. The minimum absolute atomic E-state index is 0.178. The van der Waals surface area contributed by atoms with Gasteiger partial charge in [0.25, 0.3) is 0 Å². The molecule has 0 bridgehead atoms. The third-order valence-electron chi connectivity index (χ3n) is 2.89. The van der Waals surface area contributed by atoms with Crippen LogP contribution in [-0.4, -0.2) is 24.3 Å². The standard InChI is InChI=1S/C14H22N2O2/c1-11-6-7-13(10-12(11)2)16-14(18)15-8-4-3-5-9-17/h6-7,10,17H,3-5,8-9H2,1-2H3,(H2,15,16,18).